The van der Waals surface area contributed by atoms with Crippen LogP contribution in [0.3, 0.4) is 0 Å². The van der Waals surface area contributed by atoms with Crippen LogP contribution in [0.1, 0.15) is 50.3 Å². The largest absolute Gasteiger partial charge is 0.454 e. The lowest BCUT2D eigenvalue weighted by Gasteiger charge is -2.10. The number of fused-ring (bicyclic) bond motifs is 3. The van der Waals surface area contributed by atoms with Gasteiger partial charge in [0.25, 0.3) is 0 Å². The lowest BCUT2D eigenvalue weighted by molar-refractivity contribution is 0.635. The summed E-state index contributed by atoms with van der Waals surface area (Å²) in [6.07, 6.45) is 29.7. The molecule has 0 saturated carbocycles. The van der Waals surface area contributed by atoms with Gasteiger partial charge in [0.2, 0.25) is 0 Å². The number of para-hydroxylation sites is 1. The van der Waals surface area contributed by atoms with Crippen molar-refractivity contribution in [1.82, 2.24) is 4.57 Å². The third-order valence-electron chi connectivity index (χ3n) is 7.24. The molecule has 6 rings (SSSR count). The minimum Gasteiger partial charge on any atom is -0.454 e. The van der Waals surface area contributed by atoms with E-state index in [-0.39, 0.29) is 0 Å². The third kappa shape index (κ3) is 6.88. The van der Waals surface area contributed by atoms with Crippen molar-refractivity contribution in [2.45, 2.75) is 33.6 Å². The van der Waals surface area contributed by atoms with Crippen molar-refractivity contribution < 1.29 is 4.42 Å². The zero-order chi connectivity index (χ0) is 29.9. The molecule has 1 aliphatic carbocycles. The van der Waals surface area contributed by atoms with Crippen LogP contribution in [0.5, 0.6) is 0 Å². The Balaban J connectivity index is 0.00000180. The Bertz CT molecular complexity index is 1880. The fourth-order valence-electron chi connectivity index (χ4n) is 5.21. The molecule has 0 atom stereocenters. The number of aromatic nitrogens is 1. The van der Waals surface area contributed by atoms with E-state index in [0.717, 1.165) is 46.2 Å². The number of benzene rings is 3. The number of rotatable bonds is 8. The average molecular weight is 562 g/mol. The van der Waals surface area contributed by atoms with Crippen molar-refractivity contribution in [3.05, 3.63) is 156 Å². The lowest BCUT2D eigenvalue weighted by atomic mass is 10.1. The first-order valence-corrected chi connectivity index (χ1v) is 15.2. The van der Waals surface area contributed by atoms with E-state index < -0.39 is 0 Å². The number of nitrogens with zero attached hydrogens (tertiary/aromatic N) is 1. The number of furan rings is 1. The van der Waals surface area contributed by atoms with Gasteiger partial charge in [-0.15, -0.1) is 0 Å². The van der Waals surface area contributed by atoms with Crippen LogP contribution in [0.15, 0.2) is 144 Å². The molecule has 3 aromatic carbocycles. The third-order valence-corrected chi connectivity index (χ3v) is 7.24. The maximum atomic E-state index is 6.46. The Morgan fingerprint density at radius 1 is 0.674 bits per heavy atom. The molecule has 0 aliphatic heterocycles. The summed E-state index contributed by atoms with van der Waals surface area (Å²) >= 11 is 0. The first kappa shape index (κ1) is 29.4. The highest BCUT2D eigenvalue weighted by molar-refractivity contribution is 6.08. The summed E-state index contributed by atoms with van der Waals surface area (Å²) in [5, 5.41) is 1.14. The molecule has 0 bridgehead atoms. The molecule has 5 aromatic rings. The number of allylic oxidation sites excluding steroid dienone is 11. The molecule has 0 unspecified atom stereocenters. The maximum Gasteiger partial charge on any atom is 0.160 e. The molecule has 0 amide bonds. The first-order valence-electron chi connectivity index (χ1n) is 15.2. The van der Waals surface area contributed by atoms with Crippen LogP contribution in [0.2, 0.25) is 0 Å². The zero-order valence-corrected chi connectivity index (χ0v) is 25.3. The number of hydrogen-bond donors (Lipinski definition) is 0. The fourth-order valence-corrected chi connectivity index (χ4v) is 5.21. The van der Waals surface area contributed by atoms with E-state index in [0.29, 0.717) is 0 Å². The predicted molar refractivity (Wildman–Crippen MR) is 189 cm³/mol. The van der Waals surface area contributed by atoms with Crippen molar-refractivity contribution >= 4 is 45.9 Å². The standard InChI is InChI=1S/C39H33NO.C2H6/c1-2-3-7-17-31-19-12-13-20-32(31)18-9-5-4-8-16-30-25-27-33(28-26-30)38-29-37-39(41-38)35-23-14-15-24-36(35)40(37)34-21-10-6-11-22-34;1-2/h2-5,7-10,12-29H,6,11H2,1H3;1-2H3/b3-2+,5-4-,16-8-,17-7-,18-9+;. The Morgan fingerprint density at radius 2 is 1.35 bits per heavy atom. The normalized spacial score (nSPS) is 13.8. The van der Waals surface area contributed by atoms with Crippen LogP contribution in [0.4, 0.5) is 0 Å². The summed E-state index contributed by atoms with van der Waals surface area (Å²) in [5.74, 6) is 0.885. The summed E-state index contributed by atoms with van der Waals surface area (Å²) in [7, 11) is 0. The molecule has 0 spiro atoms. The molecule has 0 radical (unpaired) electrons. The van der Waals surface area contributed by atoms with Crippen molar-refractivity contribution in [2.75, 3.05) is 0 Å². The molecule has 2 nitrogen and oxygen atoms in total. The Labute approximate surface area is 255 Å². The molecule has 214 valence electrons. The molecule has 2 heteroatoms. The fraction of sp³-hybridized carbons (Fsp3) is 0.122. The van der Waals surface area contributed by atoms with Crippen LogP contribution in [0.25, 0.3) is 57.3 Å². The van der Waals surface area contributed by atoms with Crippen molar-refractivity contribution in [2.24, 2.45) is 0 Å². The second-order valence-corrected chi connectivity index (χ2v) is 10.0. The van der Waals surface area contributed by atoms with Gasteiger partial charge in [0, 0.05) is 22.7 Å². The van der Waals surface area contributed by atoms with E-state index >= 15 is 0 Å². The summed E-state index contributed by atoms with van der Waals surface area (Å²) in [6, 6.07) is 27.6. The second kappa shape index (κ2) is 14.7. The van der Waals surface area contributed by atoms with E-state index in [1.54, 1.807) is 0 Å². The Hall–Kier alpha value is -5.08. The van der Waals surface area contributed by atoms with Gasteiger partial charge in [-0.2, -0.15) is 0 Å². The van der Waals surface area contributed by atoms with E-state index in [9.17, 15) is 0 Å². The smallest absolute Gasteiger partial charge is 0.160 e. The molecular formula is C41H39NO. The highest BCUT2D eigenvalue weighted by atomic mass is 16.3. The average Bonchev–Trinajstić information content (AvgIpc) is 3.63. The SMILES string of the molecule is C/C=C/C=C\c1ccccc1/C=C/C=C\C=C/c1ccc(-c2cc3c(o2)c2ccccc2n3C2=CCCC=C2)cc1.CC. The van der Waals surface area contributed by atoms with Gasteiger partial charge in [-0.05, 0) is 54.7 Å². The molecule has 43 heavy (non-hydrogen) atoms. The summed E-state index contributed by atoms with van der Waals surface area (Å²) in [4.78, 5) is 0. The van der Waals surface area contributed by atoms with Gasteiger partial charge in [-0.3, -0.25) is 0 Å². The van der Waals surface area contributed by atoms with Crippen LogP contribution in [-0.2, 0) is 0 Å². The molecule has 0 fully saturated rings. The zero-order valence-electron chi connectivity index (χ0n) is 25.3. The second-order valence-electron chi connectivity index (χ2n) is 10.0. The number of hydrogen-bond acceptors (Lipinski definition) is 1. The molecule has 2 aromatic heterocycles. The van der Waals surface area contributed by atoms with Crippen LogP contribution >= 0.6 is 0 Å². The highest BCUT2D eigenvalue weighted by Crippen LogP contribution is 2.38. The van der Waals surface area contributed by atoms with Gasteiger partial charge in [0.05, 0.1) is 11.0 Å². The summed E-state index contributed by atoms with van der Waals surface area (Å²) < 4.78 is 8.78. The van der Waals surface area contributed by atoms with E-state index in [4.69, 9.17) is 4.42 Å². The van der Waals surface area contributed by atoms with Crippen molar-refractivity contribution in [1.29, 1.82) is 0 Å². The van der Waals surface area contributed by atoms with Gasteiger partial charge in [-0.1, -0.05) is 147 Å². The Morgan fingerprint density at radius 3 is 2.05 bits per heavy atom. The van der Waals surface area contributed by atoms with Gasteiger partial charge in [0.15, 0.2) is 5.58 Å². The monoisotopic (exact) mass is 561 g/mol. The first-order chi connectivity index (χ1) is 21.3. The molecular weight excluding hydrogens is 522 g/mol. The van der Waals surface area contributed by atoms with Gasteiger partial charge < -0.3 is 8.98 Å². The molecule has 0 saturated heterocycles. The maximum absolute atomic E-state index is 6.46. The van der Waals surface area contributed by atoms with Crippen molar-refractivity contribution in [3.8, 4) is 11.3 Å². The van der Waals surface area contributed by atoms with Crippen molar-refractivity contribution in [3.63, 3.8) is 0 Å². The minimum absolute atomic E-state index is 0.885. The van der Waals surface area contributed by atoms with E-state index in [2.05, 4.69) is 150 Å². The van der Waals surface area contributed by atoms with Crippen LogP contribution < -0.4 is 0 Å². The van der Waals surface area contributed by atoms with Gasteiger partial charge in [0.1, 0.15) is 5.76 Å². The minimum atomic E-state index is 0.885. The topological polar surface area (TPSA) is 18.1 Å². The van der Waals surface area contributed by atoms with Gasteiger partial charge >= 0.3 is 0 Å². The molecule has 2 heterocycles. The Kier molecular flexibility index (Phi) is 10.1. The molecule has 1 aliphatic rings. The lowest BCUT2D eigenvalue weighted by Crippen LogP contribution is -1.96. The van der Waals surface area contributed by atoms with Crippen LogP contribution in [0, 0.1) is 0 Å². The summed E-state index contributed by atoms with van der Waals surface area (Å²) in [5.41, 5.74) is 9.05. The highest BCUT2D eigenvalue weighted by Gasteiger charge is 2.18. The molecule has 0 N–H and O–H groups in total. The van der Waals surface area contributed by atoms with Gasteiger partial charge in [-0.25, -0.2) is 0 Å². The van der Waals surface area contributed by atoms with E-state index in [1.807, 2.05) is 32.9 Å². The quantitative estimate of drug-likeness (QED) is 0.172. The van der Waals surface area contributed by atoms with Crippen LogP contribution in [-0.4, -0.2) is 4.57 Å². The predicted octanol–water partition coefficient (Wildman–Crippen LogP) is 12.1. The van der Waals surface area contributed by atoms with E-state index in [1.165, 1.54) is 22.3 Å². The summed E-state index contributed by atoms with van der Waals surface area (Å²) in [6.45, 7) is 6.02.